The van der Waals surface area contributed by atoms with Gasteiger partial charge in [0, 0.05) is 13.0 Å². The molecule has 0 aliphatic carbocycles. The van der Waals surface area contributed by atoms with Crippen LogP contribution in [0.1, 0.15) is 129 Å². The van der Waals surface area contributed by atoms with Gasteiger partial charge in [0.15, 0.2) is 0 Å². The van der Waals surface area contributed by atoms with Gasteiger partial charge >= 0.3 is 0 Å². The van der Waals surface area contributed by atoms with Crippen molar-refractivity contribution in [3.63, 3.8) is 0 Å². The number of amides is 1. The molecule has 0 unspecified atom stereocenters. The van der Waals surface area contributed by atoms with E-state index in [9.17, 15) is 4.79 Å². The molecule has 0 aliphatic heterocycles. The van der Waals surface area contributed by atoms with Crippen molar-refractivity contribution in [1.82, 2.24) is 5.32 Å². The standard InChI is InChI=1S/C26H49NO/c1-3-5-7-9-11-12-13-14-15-16-17-18-19-20-22-24-26(28)27-25-23-21-10-8-6-4-2/h11-12,14-15H,3-10,13,16-25H2,1-2H3,(H,27,28)/b12-11-,15-14-. The van der Waals surface area contributed by atoms with E-state index in [0.29, 0.717) is 6.42 Å². The fourth-order valence-corrected chi connectivity index (χ4v) is 3.32. The van der Waals surface area contributed by atoms with E-state index < -0.39 is 0 Å². The predicted molar refractivity (Wildman–Crippen MR) is 126 cm³/mol. The molecule has 0 bridgehead atoms. The number of carbonyl (C=O) groups is 1. The first-order valence-electron chi connectivity index (χ1n) is 12.4. The molecule has 28 heavy (non-hydrogen) atoms. The number of carbonyl (C=O) groups excluding carboxylic acids is 1. The molecule has 0 aromatic rings. The summed E-state index contributed by atoms with van der Waals surface area (Å²) in [6.07, 6.45) is 31.2. The molecule has 0 aromatic heterocycles. The summed E-state index contributed by atoms with van der Waals surface area (Å²) in [7, 11) is 0. The van der Waals surface area contributed by atoms with Gasteiger partial charge in [-0.05, 0) is 44.9 Å². The zero-order valence-electron chi connectivity index (χ0n) is 19.2. The molecule has 1 amide bonds. The van der Waals surface area contributed by atoms with Crippen LogP contribution in [0, 0.1) is 0 Å². The Balaban J connectivity index is 3.25. The van der Waals surface area contributed by atoms with Gasteiger partial charge in [-0.2, -0.15) is 0 Å². The Morgan fingerprint density at radius 3 is 1.79 bits per heavy atom. The number of hydrogen-bond donors (Lipinski definition) is 1. The molecule has 1 N–H and O–H groups in total. The second-order valence-corrected chi connectivity index (χ2v) is 8.10. The van der Waals surface area contributed by atoms with Crippen molar-refractivity contribution in [3.05, 3.63) is 24.3 Å². The zero-order valence-corrected chi connectivity index (χ0v) is 19.2. The molecular formula is C26H49NO. The number of rotatable bonds is 21. The second-order valence-electron chi connectivity index (χ2n) is 8.10. The Bertz CT molecular complexity index is 373. The summed E-state index contributed by atoms with van der Waals surface area (Å²) in [6, 6.07) is 0. The molecule has 0 rings (SSSR count). The van der Waals surface area contributed by atoms with E-state index in [1.54, 1.807) is 0 Å². The van der Waals surface area contributed by atoms with E-state index in [-0.39, 0.29) is 5.91 Å². The van der Waals surface area contributed by atoms with Crippen LogP contribution in [0.25, 0.3) is 0 Å². The van der Waals surface area contributed by atoms with Gasteiger partial charge in [-0.15, -0.1) is 0 Å². The lowest BCUT2D eigenvalue weighted by Gasteiger charge is -2.05. The maximum Gasteiger partial charge on any atom is 0.219 e. The van der Waals surface area contributed by atoms with Crippen LogP contribution < -0.4 is 5.32 Å². The molecule has 0 radical (unpaired) electrons. The highest BCUT2D eigenvalue weighted by atomic mass is 16.1. The first-order valence-corrected chi connectivity index (χ1v) is 12.4. The first kappa shape index (κ1) is 27.0. The molecular weight excluding hydrogens is 342 g/mol. The average molecular weight is 392 g/mol. The number of unbranched alkanes of at least 4 members (excludes halogenated alkanes) is 13. The van der Waals surface area contributed by atoms with Crippen LogP contribution in [0.4, 0.5) is 0 Å². The maximum atomic E-state index is 11.8. The lowest BCUT2D eigenvalue weighted by atomic mass is 10.1. The minimum atomic E-state index is 0.249. The summed E-state index contributed by atoms with van der Waals surface area (Å²) in [6.45, 7) is 5.36. The van der Waals surface area contributed by atoms with Crippen LogP contribution in [-0.2, 0) is 4.79 Å². The van der Waals surface area contributed by atoms with E-state index in [1.165, 1.54) is 89.9 Å². The van der Waals surface area contributed by atoms with E-state index in [0.717, 1.165) is 25.8 Å². The third-order valence-electron chi connectivity index (χ3n) is 5.21. The monoisotopic (exact) mass is 391 g/mol. The van der Waals surface area contributed by atoms with Crippen molar-refractivity contribution >= 4 is 5.91 Å². The Kier molecular flexibility index (Phi) is 23.1. The minimum Gasteiger partial charge on any atom is -0.356 e. The smallest absolute Gasteiger partial charge is 0.219 e. The molecule has 0 saturated carbocycles. The summed E-state index contributed by atoms with van der Waals surface area (Å²) in [5, 5.41) is 3.07. The maximum absolute atomic E-state index is 11.8. The van der Waals surface area contributed by atoms with Crippen LogP contribution >= 0.6 is 0 Å². The Morgan fingerprint density at radius 1 is 0.607 bits per heavy atom. The lowest BCUT2D eigenvalue weighted by Crippen LogP contribution is -2.23. The number of nitrogens with one attached hydrogen (secondary N) is 1. The third-order valence-corrected chi connectivity index (χ3v) is 5.21. The van der Waals surface area contributed by atoms with Crippen molar-refractivity contribution in [2.45, 2.75) is 129 Å². The fourth-order valence-electron chi connectivity index (χ4n) is 3.32. The molecule has 0 aliphatic rings. The van der Waals surface area contributed by atoms with Crippen molar-refractivity contribution in [3.8, 4) is 0 Å². The normalized spacial score (nSPS) is 11.6. The van der Waals surface area contributed by atoms with Crippen LogP contribution in [0.2, 0.25) is 0 Å². The van der Waals surface area contributed by atoms with E-state index in [1.807, 2.05) is 0 Å². The molecule has 0 saturated heterocycles. The molecule has 0 heterocycles. The van der Waals surface area contributed by atoms with E-state index >= 15 is 0 Å². The lowest BCUT2D eigenvalue weighted by molar-refractivity contribution is -0.121. The number of hydrogen-bond acceptors (Lipinski definition) is 1. The molecule has 0 fully saturated rings. The highest BCUT2D eigenvalue weighted by molar-refractivity contribution is 5.75. The Morgan fingerprint density at radius 2 is 1.11 bits per heavy atom. The quantitative estimate of drug-likeness (QED) is 0.155. The molecule has 0 spiro atoms. The van der Waals surface area contributed by atoms with Crippen LogP contribution in [0.3, 0.4) is 0 Å². The van der Waals surface area contributed by atoms with Gasteiger partial charge in [0.05, 0.1) is 0 Å². The van der Waals surface area contributed by atoms with Gasteiger partial charge in [0.25, 0.3) is 0 Å². The van der Waals surface area contributed by atoms with Gasteiger partial charge in [-0.3, -0.25) is 4.79 Å². The van der Waals surface area contributed by atoms with Crippen LogP contribution in [0.5, 0.6) is 0 Å². The summed E-state index contributed by atoms with van der Waals surface area (Å²) in [5.41, 5.74) is 0. The molecule has 2 nitrogen and oxygen atoms in total. The summed E-state index contributed by atoms with van der Waals surface area (Å²) < 4.78 is 0. The minimum absolute atomic E-state index is 0.249. The fraction of sp³-hybridized carbons (Fsp3) is 0.808. The third kappa shape index (κ3) is 23.0. The van der Waals surface area contributed by atoms with E-state index in [4.69, 9.17) is 0 Å². The highest BCUT2D eigenvalue weighted by Crippen LogP contribution is 2.08. The van der Waals surface area contributed by atoms with Crippen molar-refractivity contribution in [1.29, 1.82) is 0 Å². The number of allylic oxidation sites excluding steroid dienone is 4. The average Bonchev–Trinajstić information content (AvgIpc) is 2.70. The van der Waals surface area contributed by atoms with E-state index in [2.05, 4.69) is 43.5 Å². The molecule has 0 atom stereocenters. The topological polar surface area (TPSA) is 29.1 Å². The summed E-state index contributed by atoms with van der Waals surface area (Å²) in [4.78, 5) is 11.8. The summed E-state index contributed by atoms with van der Waals surface area (Å²) >= 11 is 0. The van der Waals surface area contributed by atoms with Gasteiger partial charge in [-0.25, -0.2) is 0 Å². The Labute approximate surface area is 176 Å². The first-order chi connectivity index (χ1) is 13.8. The largest absolute Gasteiger partial charge is 0.356 e. The highest BCUT2D eigenvalue weighted by Gasteiger charge is 2.00. The zero-order chi connectivity index (χ0) is 20.5. The van der Waals surface area contributed by atoms with Gasteiger partial charge < -0.3 is 5.32 Å². The van der Waals surface area contributed by atoms with Crippen molar-refractivity contribution < 1.29 is 4.79 Å². The Hall–Kier alpha value is -1.05. The van der Waals surface area contributed by atoms with Crippen LogP contribution in [0.15, 0.2) is 24.3 Å². The molecule has 2 heteroatoms. The molecule has 164 valence electrons. The second kappa shape index (κ2) is 24.0. The summed E-state index contributed by atoms with van der Waals surface area (Å²) in [5.74, 6) is 0.249. The van der Waals surface area contributed by atoms with Gasteiger partial charge in [-0.1, -0.05) is 102 Å². The van der Waals surface area contributed by atoms with Crippen LogP contribution in [-0.4, -0.2) is 12.5 Å². The SMILES string of the molecule is CCCCC/C=C\C/C=C\CCCCCCCC(=O)NCCCCCCCC. The molecule has 0 aromatic carbocycles. The van der Waals surface area contributed by atoms with Crippen molar-refractivity contribution in [2.75, 3.05) is 6.54 Å². The van der Waals surface area contributed by atoms with Gasteiger partial charge in [0.2, 0.25) is 5.91 Å². The van der Waals surface area contributed by atoms with Crippen molar-refractivity contribution in [2.24, 2.45) is 0 Å². The predicted octanol–water partition coefficient (Wildman–Crippen LogP) is 8.28. The van der Waals surface area contributed by atoms with Gasteiger partial charge in [0.1, 0.15) is 0 Å².